The molecule has 4 heterocycles. The Morgan fingerprint density at radius 1 is 0.597 bits per heavy atom. The fourth-order valence-electron chi connectivity index (χ4n) is 8.81. The van der Waals surface area contributed by atoms with Gasteiger partial charge in [-0.05, 0) is 79.2 Å². The van der Waals surface area contributed by atoms with Crippen LogP contribution in [0.5, 0.6) is 0 Å². The highest BCUT2D eigenvalue weighted by Gasteiger charge is 2.41. The molecule has 2 aliphatic heterocycles. The Morgan fingerprint density at radius 3 is 1.61 bits per heavy atom. The molecule has 4 fully saturated rings. The molecule has 4 aliphatic rings. The van der Waals surface area contributed by atoms with Gasteiger partial charge in [0.25, 0.3) is 0 Å². The maximum Gasteiger partial charge on any atom is 0.250 e. The molecule has 0 bridgehead atoms. The predicted molar refractivity (Wildman–Crippen MR) is 230 cm³/mol. The van der Waals surface area contributed by atoms with Gasteiger partial charge in [-0.1, -0.05) is 114 Å². The van der Waals surface area contributed by atoms with Crippen LogP contribution in [0.25, 0.3) is 33.8 Å². The second-order valence-corrected chi connectivity index (χ2v) is 16.9. The van der Waals surface area contributed by atoms with Gasteiger partial charge in [-0.3, -0.25) is 19.2 Å². The van der Waals surface area contributed by atoms with Crippen molar-refractivity contribution >= 4 is 23.6 Å². The average Bonchev–Trinajstić information content (AvgIpc) is 4.07. The van der Waals surface area contributed by atoms with Crippen molar-refractivity contribution in [3.63, 3.8) is 0 Å². The Morgan fingerprint density at radius 2 is 1.08 bits per heavy atom. The molecule has 4 aromatic carbocycles. The summed E-state index contributed by atoms with van der Waals surface area (Å²) in [6.07, 6.45) is 8.38. The molecule has 2 unspecified atom stereocenters. The van der Waals surface area contributed by atoms with E-state index in [-0.39, 0.29) is 47.5 Å². The zero-order chi connectivity index (χ0) is 42.2. The molecule has 2 aromatic heterocycles. The fraction of sp³-hybridized carbons (Fsp3) is 0.327. The number of rotatable bonds is 13. The highest BCUT2D eigenvalue weighted by molar-refractivity contribution is 5.91. The summed E-state index contributed by atoms with van der Waals surface area (Å²) in [5.41, 5.74) is 6.20. The van der Waals surface area contributed by atoms with Gasteiger partial charge >= 0.3 is 0 Å². The number of H-pyrrole nitrogens is 1. The van der Waals surface area contributed by atoms with Crippen LogP contribution in [-0.2, 0) is 19.2 Å². The van der Waals surface area contributed by atoms with Crippen LogP contribution >= 0.6 is 0 Å². The minimum Gasteiger partial charge on any atom is -0.340 e. The van der Waals surface area contributed by atoms with Gasteiger partial charge in [-0.15, -0.1) is 0 Å². The van der Waals surface area contributed by atoms with Crippen molar-refractivity contribution in [3.8, 4) is 33.8 Å². The van der Waals surface area contributed by atoms with Crippen LogP contribution in [-0.4, -0.2) is 66.6 Å². The van der Waals surface area contributed by atoms with E-state index < -0.39 is 12.1 Å². The Kier molecular flexibility index (Phi) is 10.7. The molecule has 4 atom stereocenters. The maximum absolute atomic E-state index is 14.1. The van der Waals surface area contributed by atoms with Crippen molar-refractivity contribution in [2.45, 2.75) is 75.5 Å². The Balaban J connectivity index is 0.797. The van der Waals surface area contributed by atoms with Crippen molar-refractivity contribution in [2.24, 2.45) is 11.8 Å². The van der Waals surface area contributed by atoms with E-state index in [0.717, 1.165) is 89.8 Å². The molecule has 62 heavy (non-hydrogen) atoms. The van der Waals surface area contributed by atoms with Crippen molar-refractivity contribution in [2.75, 3.05) is 13.1 Å². The summed E-state index contributed by atoms with van der Waals surface area (Å²) >= 11 is 0. The monoisotopic (exact) mass is 828 g/mol. The molecule has 4 amide bonds. The van der Waals surface area contributed by atoms with Crippen molar-refractivity contribution in [1.29, 1.82) is 0 Å². The lowest BCUT2D eigenvalue weighted by atomic mass is 10.0. The number of aromatic amines is 1. The van der Waals surface area contributed by atoms with Gasteiger partial charge in [0.15, 0.2) is 0 Å². The van der Waals surface area contributed by atoms with Gasteiger partial charge in [0, 0.05) is 30.5 Å². The molecule has 2 saturated heterocycles. The van der Waals surface area contributed by atoms with Gasteiger partial charge in [0.05, 0.1) is 17.9 Å². The summed E-state index contributed by atoms with van der Waals surface area (Å²) in [5, 5.41) is 10.4. The average molecular weight is 829 g/mol. The van der Waals surface area contributed by atoms with Crippen LogP contribution in [0.1, 0.15) is 98.4 Å². The summed E-state index contributed by atoms with van der Waals surface area (Å²) in [5.74, 6) is 1.11. The molecular weight excluding hydrogens is 781 g/mol. The molecular formula is C49H48N8O5. The standard InChI is InChI=1S/C49H48N8O5/c58-45(36-23-24-36)52-41(33-9-3-1-4-10-33)48(60)56-27-7-13-39(56)44-50-29-38(51-44)32-19-15-30(16-20-32)31-17-21-35(22-18-31)43-54-47(62-55-43)40-14-8-28-57(40)49(61)42(34-11-5-2-6-12-34)53-46(59)37-25-26-37/h1-6,9-12,15-22,29,36-37,39-42H,7-8,13-14,23-28H2,(H,50,51)(H,52,58)(H,53,59)/t39-,40-,41?,42?/m0/s1. The van der Waals surface area contributed by atoms with E-state index in [4.69, 9.17) is 14.5 Å². The molecule has 314 valence electrons. The summed E-state index contributed by atoms with van der Waals surface area (Å²) in [6, 6.07) is 33.0. The number of nitrogens with one attached hydrogen (secondary N) is 3. The van der Waals surface area contributed by atoms with Gasteiger partial charge in [-0.25, -0.2) is 4.98 Å². The number of imidazole rings is 1. The number of likely N-dealkylation sites (tertiary alicyclic amines) is 2. The minimum atomic E-state index is -0.780. The summed E-state index contributed by atoms with van der Waals surface area (Å²) in [7, 11) is 0. The Hall–Kier alpha value is -6.89. The van der Waals surface area contributed by atoms with Gasteiger partial charge in [0.2, 0.25) is 35.3 Å². The number of nitrogens with zero attached hydrogens (tertiary/aromatic N) is 5. The second kappa shape index (κ2) is 16.9. The van der Waals surface area contributed by atoms with Gasteiger partial charge < -0.3 is 29.9 Å². The first-order chi connectivity index (χ1) is 30.4. The maximum atomic E-state index is 14.1. The molecule has 0 spiro atoms. The lowest BCUT2D eigenvalue weighted by molar-refractivity contribution is -0.138. The third-order valence-electron chi connectivity index (χ3n) is 12.6. The molecule has 6 aromatic rings. The highest BCUT2D eigenvalue weighted by atomic mass is 16.5. The first kappa shape index (κ1) is 39.3. The molecule has 2 aliphatic carbocycles. The van der Waals surface area contributed by atoms with Crippen LogP contribution in [0, 0.1) is 11.8 Å². The molecule has 2 saturated carbocycles. The minimum absolute atomic E-state index is 0.00393. The van der Waals surface area contributed by atoms with E-state index in [1.807, 2.05) is 96.0 Å². The predicted octanol–water partition coefficient (Wildman–Crippen LogP) is 7.66. The summed E-state index contributed by atoms with van der Waals surface area (Å²) < 4.78 is 5.79. The zero-order valence-electron chi connectivity index (χ0n) is 34.3. The van der Waals surface area contributed by atoms with Gasteiger partial charge in [0.1, 0.15) is 23.9 Å². The SMILES string of the molecule is O=C(NC(C(=O)N1CCC[C@H]1c1ncc(-c2ccc(-c3ccc(-c4noc([C@@H]5CCCN5C(=O)C(NC(=O)C5CC5)c5ccccc5)n4)cc3)cc2)[nH]1)c1ccccc1)C1CC1. The second-order valence-electron chi connectivity index (χ2n) is 16.9. The zero-order valence-corrected chi connectivity index (χ0v) is 34.3. The largest absolute Gasteiger partial charge is 0.340 e. The first-order valence-corrected chi connectivity index (χ1v) is 21.8. The normalized spacial score (nSPS) is 19.5. The van der Waals surface area contributed by atoms with Gasteiger partial charge in [-0.2, -0.15) is 4.98 Å². The van der Waals surface area contributed by atoms with E-state index in [1.54, 1.807) is 4.90 Å². The summed E-state index contributed by atoms with van der Waals surface area (Å²) in [6.45, 7) is 1.14. The number of aromatic nitrogens is 4. The molecule has 13 heteroatoms. The number of carbonyl (C=O) groups is 4. The Labute approximate surface area is 359 Å². The third-order valence-corrected chi connectivity index (χ3v) is 12.6. The molecule has 10 rings (SSSR count). The van der Waals surface area contributed by atoms with E-state index in [1.165, 1.54) is 0 Å². The van der Waals surface area contributed by atoms with E-state index >= 15 is 0 Å². The molecule has 3 N–H and O–H groups in total. The number of hydrogen-bond donors (Lipinski definition) is 3. The van der Waals surface area contributed by atoms with Crippen LogP contribution in [0.3, 0.4) is 0 Å². The van der Waals surface area contributed by atoms with E-state index in [0.29, 0.717) is 31.2 Å². The van der Waals surface area contributed by atoms with Crippen LogP contribution in [0.2, 0.25) is 0 Å². The van der Waals surface area contributed by atoms with Crippen LogP contribution in [0.15, 0.2) is 120 Å². The van der Waals surface area contributed by atoms with Crippen LogP contribution in [0.4, 0.5) is 0 Å². The van der Waals surface area contributed by atoms with E-state index in [2.05, 4.69) is 45.0 Å². The molecule has 13 nitrogen and oxygen atoms in total. The fourth-order valence-corrected chi connectivity index (χ4v) is 8.81. The summed E-state index contributed by atoms with van der Waals surface area (Å²) in [4.78, 5) is 70.4. The lowest BCUT2D eigenvalue weighted by Gasteiger charge is -2.28. The smallest absolute Gasteiger partial charge is 0.250 e. The van der Waals surface area contributed by atoms with Crippen molar-refractivity contribution < 1.29 is 23.7 Å². The number of benzene rings is 4. The number of amides is 4. The van der Waals surface area contributed by atoms with Crippen molar-refractivity contribution in [1.82, 2.24) is 40.5 Å². The van der Waals surface area contributed by atoms with E-state index in [9.17, 15) is 19.2 Å². The Bertz CT molecular complexity index is 2390. The lowest BCUT2D eigenvalue weighted by Crippen LogP contribution is -2.43. The topological polar surface area (TPSA) is 166 Å². The number of carbonyl (C=O) groups excluding carboxylic acids is 4. The number of hydrogen-bond acceptors (Lipinski definition) is 8. The van der Waals surface area contributed by atoms with Crippen molar-refractivity contribution in [3.05, 3.63) is 138 Å². The first-order valence-electron chi connectivity index (χ1n) is 21.8. The highest BCUT2D eigenvalue weighted by Crippen LogP contribution is 2.38. The quantitative estimate of drug-likeness (QED) is 0.107. The molecule has 0 radical (unpaired) electrons. The third kappa shape index (κ3) is 8.14. The van der Waals surface area contributed by atoms with Crippen LogP contribution < -0.4 is 10.6 Å².